The number of hydrogen-bond acceptors (Lipinski definition) is 5. The molecule has 1 N–H and O–H groups in total. The van der Waals surface area contributed by atoms with Crippen LogP contribution in [-0.2, 0) is 11.3 Å². The maximum atomic E-state index is 12.6. The van der Waals surface area contributed by atoms with Crippen LogP contribution in [0.5, 0.6) is 17.2 Å². The van der Waals surface area contributed by atoms with Gasteiger partial charge in [0.25, 0.3) is 0 Å². The van der Waals surface area contributed by atoms with Gasteiger partial charge in [0.05, 0.1) is 27.9 Å². The van der Waals surface area contributed by atoms with Crippen LogP contribution in [0.3, 0.4) is 0 Å². The second kappa shape index (κ2) is 9.31. The second-order valence-electron chi connectivity index (χ2n) is 7.52. The van der Waals surface area contributed by atoms with Gasteiger partial charge in [-0.15, -0.1) is 0 Å². The molecule has 6 nitrogen and oxygen atoms in total. The molecule has 2 atom stereocenters. The first-order chi connectivity index (χ1) is 13.2. The number of carbonyl (C=O) groups is 1. The molecule has 0 bridgehead atoms. The summed E-state index contributed by atoms with van der Waals surface area (Å²) in [6, 6.07) is 4.24. The van der Waals surface area contributed by atoms with Crippen LogP contribution in [0.1, 0.15) is 44.1 Å². The number of nitrogens with zero attached hydrogens (tertiary/aromatic N) is 1. The molecule has 0 aromatic heterocycles. The Kier molecular flexibility index (Phi) is 6.83. The molecule has 150 valence electrons. The summed E-state index contributed by atoms with van der Waals surface area (Å²) in [6.07, 6.45) is 7.74. The summed E-state index contributed by atoms with van der Waals surface area (Å²) in [7, 11) is 4.81. The molecule has 1 aromatic rings. The first kappa shape index (κ1) is 19.8. The maximum absolute atomic E-state index is 12.6. The van der Waals surface area contributed by atoms with E-state index in [4.69, 9.17) is 14.2 Å². The van der Waals surface area contributed by atoms with Gasteiger partial charge in [0, 0.05) is 24.2 Å². The van der Waals surface area contributed by atoms with Crippen LogP contribution in [0.25, 0.3) is 0 Å². The molecule has 0 radical (unpaired) electrons. The molecule has 1 saturated heterocycles. The highest BCUT2D eigenvalue weighted by molar-refractivity contribution is 5.78. The normalized spacial score (nSPS) is 22.6. The van der Waals surface area contributed by atoms with E-state index in [-0.39, 0.29) is 5.91 Å². The standard InChI is InChI=1S/C21H32N2O4/c1-25-18-12-20(27-3)19(26-2)11-16(18)13-22-21(24)14-23-10-6-8-15-7-4-5-9-17(15)23/h11-12,15,17H,4-10,13-14H2,1-3H3,(H,22,24). The summed E-state index contributed by atoms with van der Waals surface area (Å²) in [5.74, 6) is 2.77. The third-order valence-electron chi connectivity index (χ3n) is 5.97. The highest BCUT2D eigenvalue weighted by Gasteiger charge is 2.33. The van der Waals surface area contributed by atoms with Gasteiger partial charge in [-0.3, -0.25) is 9.69 Å². The van der Waals surface area contributed by atoms with E-state index in [1.54, 1.807) is 27.4 Å². The number of fused-ring (bicyclic) bond motifs is 1. The quantitative estimate of drug-likeness (QED) is 0.793. The minimum absolute atomic E-state index is 0.0676. The highest BCUT2D eigenvalue weighted by atomic mass is 16.5. The molecule has 27 heavy (non-hydrogen) atoms. The predicted molar refractivity (Wildman–Crippen MR) is 104 cm³/mol. The molecule has 2 aliphatic rings. The summed E-state index contributed by atoms with van der Waals surface area (Å²) in [4.78, 5) is 15.0. The number of nitrogens with one attached hydrogen (secondary N) is 1. The molecule has 1 saturated carbocycles. The van der Waals surface area contributed by atoms with Crippen molar-refractivity contribution in [3.63, 3.8) is 0 Å². The van der Waals surface area contributed by atoms with E-state index in [0.717, 1.165) is 18.0 Å². The van der Waals surface area contributed by atoms with Crippen molar-refractivity contribution in [3.8, 4) is 17.2 Å². The maximum Gasteiger partial charge on any atom is 0.234 e. The van der Waals surface area contributed by atoms with E-state index in [0.29, 0.717) is 36.4 Å². The number of methoxy groups -OCH3 is 3. The number of hydrogen-bond donors (Lipinski definition) is 1. The van der Waals surface area contributed by atoms with Gasteiger partial charge < -0.3 is 19.5 Å². The molecule has 1 heterocycles. The zero-order valence-electron chi connectivity index (χ0n) is 16.8. The second-order valence-corrected chi connectivity index (χ2v) is 7.52. The van der Waals surface area contributed by atoms with Crippen molar-refractivity contribution in [1.29, 1.82) is 0 Å². The van der Waals surface area contributed by atoms with Gasteiger partial charge in [0.2, 0.25) is 5.91 Å². The Hall–Kier alpha value is -1.95. The number of rotatable bonds is 7. The van der Waals surface area contributed by atoms with Gasteiger partial charge in [-0.25, -0.2) is 0 Å². The van der Waals surface area contributed by atoms with Gasteiger partial charge in [0.15, 0.2) is 11.5 Å². The summed E-state index contributed by atoms with van der Waals surface area (Å²) >= 11 is 0. The van der Waals surface area contributed by atoms with E-state index < -0.39 is 0 Å². The highest BCUT2D eigenvalue weighted by Crippen LogP contribution is 2.36. The molecule has 1 aliphatic heterocycles. The van der Waals surface area contributed by atoms with Crippen LogP contribution in [0.4, 0.5) is 0 Å². The SMILES string of the molecule is COc1cc(OC)c(OC)cc1CNC(=O)CN1CCCC2CCCCC21. The average molecular weight is 376 g/mol. The van der Waals surface area contributed by atoms with E-state index in [1.807, 2.05) is 6.07 Å². The van der Waals surface area contributed by atoms with Crippen LogP contribution < -0.4 is 19.5 Å². The van der Waals surface area contributed by atoms with Crippen molar-refractivity contribution in [2.24, 2.45) is 5.92 Å². The van der Waals surface area contributed by atoms with Crippen molar-refractivity contribution in [3.05, 3.63) is 17.7 Å². The summed E-state index contributed by atoms with van der Waals surface area (Å²) in [5, 5.41) is 3.05. The van der Waals surface area contributed by atoms with Gasteiger partial charge >= 0.3 is 0 Å². The van der Waals surface area contributed by atoms with E-state index >= 15 is 0 Å². The lowest BCUT2D eigenvalue weighted by atomic mass is 9.78. The molecular weight excluding hydrogens is 344 g/mol. The van der Waals surface area contributed by atoms with E-state index in [1.165, 1.54) is 38.5 Å². The van der Waals surface area contributed by atoms with Crippen LogP contribution >= 0.6 is 0 Å². The molecular formula is C21H32N2O4. The van der Waals surface area contributed by atoms with Crippen LogP contribution in [0.2, 0.25) is 0 Å². The van der Waals surface area contributed by atoms with Crippen molar-refractivity contribution in [1.82, 2.24) is 10.2 Å². The van der Waals surface area contributed by atoms with E-state index in [2.05, 4.69) is 10.2 Å². The minimum atomic E-state index is 0.0676. The average Bonchev–Trinajstić information content (AvgIpc) is 2.71. The van der Waals surface area contributed by atoms with Crippen LogP contribution in [0.15, 0.2) is 12.1 Å². The van der Waals surface area contributed by atoms with E-state index in [9.17, 15) is 4.79 Å². The number of carbonyl (C=O) groups excluding carboxylic acids is 1. The predicted octanol–water partition coefficient (Wildman–Crippen LogP) is 2.98. The molecule has 6 heteroatoms. The monoisotopic (exact) mass is 376 g/mol. The molecule has 2 fully saturated rings. The Morgan fingerprint density at radius 1 is 1.00 bits per heavy atom. The summed E-state index contributed by atoms with van der Waals surface area (Å²) < 4.78 is 16.1. The van der Waals surface area contributed by atoms with Crippen molar-refractivity contribution in [2.45, 2.75) is 51.1 Å². The fourth-order valence-corrected chi connectivity index (χ4v) is 4.59. The number of benzene rings is 1. The van der Waals surface area contributed by atoms with Crippen LogP contribution in [-0.4, -0.2) is 51.3 Å². The zero-order chi connectivity index (χ0) is 19.2. The third-order valence-corrected chi connectivity index (χ3v) is 5.97. The smallest absolute Gasteiger partial charge is 0.234 e. The van der Waals surface area contributed by atoms with Gasteiger partial charge in [-0.05, 0) is 44.2 Å². The number of likely N-dealkylation sites (tertiary alicyclic amines) is 1. The molecule has 3 rings (SSSR count). The number of piperidine rings is 1. The van der Waals surface area contributed by atoms with Gasteiger partial charge in [0.1, 0.15) is 5.75 Å². The number of ether oxygens (including phenoxy) is 3. The Bertz CT molecular complexity index is 647. The lowest BCUT2D eigenvalue weighted by Gasteiger charge is -2.43. The van der Waals surface area contributed by atoms with Crippen molar-refractivity contribution >= 4 is 5.91 Å². The summed E-state index contributed by atoms with van der Waals surface area (Å²) in [6.45, 7) is 1.93. The lowest BCUT2D eigenvalue weighted by molar-refractivity contribution is -0.124. The van der Waals surface area contributed by atoms with Gasteiger partial charge in [-0.1, -0.05) is 12.8 Å². The molecule has 0 spiro atoms. The third kappa shape index (κ3) is 4.67. The first-order valence-corrected chi connectivity index (χ1v) is 9.96. The lowest BCUT2D eigenvalue weighted by Crippen LogP contribution is -2.50. The molecule has 1 aliphatic carbocycles. The zero-order valence-corrected chi connectivity index (χ0v) is 16.8. The first-order valence-electron chi connectivity index (χ1n) is 9.96. The largest absolute Gasteiger partial charge is 0.496 e. The molecule has 2 unspecified atom stereocenters. The topological polar surface area (TPSA) is 60.0 Å². The molecule has 1 aromatic carbocycles. The Labute approximate surface area is 162 Å². The minimum Gasteiger partial charge on any atom is -0.496 e. The Morgan fingerprint density at radius 2 is 1.67 bits per heavy atom. The van der Waals surface area contributed by atoms with Crippen molar-refractivity contribution < 1.29 is 19.0 Å². The molecule has 1 amide bonds. The number of amides is 1. The fraction of sp³-hybridized carbons (Fsp3) is 0.667. The summed E-state index contributed by atoms with van der Waals surface area (Å²) in [5.41, 5.74) is 0.873. The van der Waals surface area contributed by atoms with Crippen LogP contribution in [0, 0.1) is 5.92 Å². The Morgan fingerprint density at radius 3 is 2.41 bits per heavy atom. The fourth-order valence-electron chi connectivity index (χ4n) is 4.59. The Balaban J connectivity index is 1.60. The van der Waals surface area contributed by atoms with Crippen molar-refractivity contribution in [2.75, 3.05) is 34.4 Å². The van der Waals surface area contributed by atoms with Gasteiger partial charge in [-0.2, -0.15) is 0 Å².